The second-order valence-corrected chi connectivity index (χ2v) is 12.7. The Bertz CT molecular complexity index is 1380. The summed E-state index contributed by atoms with van der Waals surface area (Å²) in [6.45, 7) is 1.12. The summed E-state index contributed by atoms with van der Waals surface area (Å²) in [7, 11) is -3.83. The highest BCUT2D eigenvalue weighted by Gasteiger charge is 2.23. The van der Waals surface area contributed by atoms with E-state index < -0.39 is 22.0 Å². The quantitative estimate of drug-likeness (QED) is 0.170. The first-order valence-electron chi connectivity index (χ1n) is 14.8. The summed E-state index contributed by atoms with van der Waals surface area (Å²) in [5.41, 5.74) is 4.07. The molecule has 1 aliphatic rings. The third-order valence-electron chi connectivity index (χ3n) is 7.54. The van der Waals surface area contributed by atoms with Crippen LogP contribution >= 0.6 is 12.4 Å². The molecule has 3 aromatic carbocycles. The number of benzene rings is 3. The first-order chi connectivity index (χ1) is 20.3. The summed E-state index contributed by atoms with van der Waals surface area (Å²) >= 11 is 0. The van der Waals surface area contributed by atoms with Crippen molar-refractivity contribution in [2.75, 3.05) is 25.4 Å². The molecule has 0 aliphatic heterocycles. The summed E-state index contributed by atoms with van der Waals surface area (Å²) in [5, 5.41) is 22.6. The molecule has 8 nitrogen and oxygen atoms in total. The molecule has 10 heteroatoms. The Labute approximate surface area is 261 Å². The smallest absolute Gasteiger partial charge is 0.268 e. The molecule has 0 bridgehead atoms. The number of nitrogens with one attached hydrogen (secondary N) is 2. The first-order valence-corrected chi connectivity index (χ1v) is 16.5. The van der Waals surface area contributed by atoms with Crippen LogP contribution in [0.2, 0.25) is 0 Å². The normalized spacial score (nSPS) is 14.5. The minimum Gasteiger partial charge on any atom is -0.490 e. The Balaban J connectivity index is 0.00000506. The van der Waals surface area contributed by atoms with Gasteiger partial charge >= 0.3 is 0 Å². The fourth-order valence-corrected chi connectivity index (χ4v) is 6.21. The molecule has 0 saturated heterocycles. The molecule has 0 radical (unpaired) electrons. The van der Waals surface area contributed by atoms with Crippen LogP contribution in [-0.2, 0) is 16.4 Å². The molecule has 234 valence electrons. The fourth-order valence-electron chi connectivity index (χ4n) is 5.13. The number of rotatable bonds is 15. The largest absolute Gasteiger partial charge is 0.490 e. The number of carbonyl (C=O) groups is 1. The van der Waals surface area contributed by atoms with Crippen molar-refractivity contribution < 1.29 is 28.2 Å². The summed E-state index contributed by atoms with van der Waals surface area (Å²) < 4.78 is 33.3. The number of amides is 1. The van der Waals surface area contributed by atoms with Crippen molar-refractivity contribution in [1.29, 1.82) is 0 Å². The number of aliphatic hydroxyl groups is 2. The highest BCUT2D eigenvalue weighted by Crippen LogP contribution is 2.31. The van der Waals surface area contributed by atoms with Crippen molar-refractivity contribution >= 4 is 28.3 Å². The Hall–Kier alpha value is -2.95. The molecule has 4 rings (SSSR count). The Morgan fingerprint density at radius 1 is 0.930 bits per heavy atom. The summed E-state index contributed by atoms with van der Waals surface area (Å²) in [5.74, 6) is -0.560. The van der Waals surface area contributed by atoms with E-state index in [0.29, 0.717) is 18.7 Å². The van der Waals surface area contributed by atoms with E-state index in [9.17, 15) is 18.3 Å². The molecule has 4 N–H and O–H groups in total. The number of carbonyl (C=O) groups excluding carboxylic acids is 1. The van der Waals surface area contributed by atoms with Crippen molar-refractivity contribution in [2.24, 2.45) is 0 Å². The van der Waals surface area contributed by atoms with Gasteiger partial charge in [0.25, 0.3) is 5.91 Å². The third kappa shape index (κ3) is 10.9. The molecule has 1 atom stereocenters. The average molecular weight is 631 g/mol. The van der Waals surface area contributed by atoms with Crippen LogP contribution in [0.3, 0.4) is 0 Å². The van der Waals surface area contributed by atoms with Gasteiger partial charge in [-0.3, -0.25) is 4.79 Å². The van der Waals surface area contributed by atoms with E-state index in [1.165, 1.54) is 0 Å². The van der Waals surface area contributed by atoms with Gasteiger partial charge in [0, 0.05) is 13.2 Å². The number of sulfonamides is 1. The third-order valence-corrected chi connectivity index (χ3v) is 8.86. The maximum atomic E-state index is 13.1. The van der Waals surface area contributed by atoms with Crippen LogP contribution in [0, 0.1) is 0 Å². The van der Waals surface area contributed by atoms with Gasteiger partial charge < -0.3 is 20.3 Å². The van der Waals surface area contributed by atoms with Crippen LogP contribution < -0.4 is 14.8 Å². The molecular formula is C33H43ClN2O6S. The lowest BCUT2D eigenvalue weighted by molar-refractivity contribution is 0.0969. The molecule has 3 aromatic rings. The van der Waals surface area contributed by atoms with Gasteiger partial charge in [0.05, 0.1) is 23.5 Å². The lowest BCUT2D eigenvalue weighted by atomic mass is 9.97. The number of ether oxygens (including phenoxy) is 1. The molecule has 1 fully saturated rings. The molecule has 1 saturated carbocycles. The van der Waals surface area contributed by atoms with Gasteiger partial charge in [0.2, 0.25) is 10.0 Å². The summed E-state index contributed by atoms with van der Waals surface area (Å²) in [6, 6.07) is 23.0. The van der Waals surface area contributed by atoms with Crippen molar-refractivity contribution in [1.82, 2.24) is 10.0 Å². The van der Waals surface area contributed by atoms with E-state index in [2.05, 4.69) is 22.2 Å². The standard InChI is InChI=1S/C33H42N2O6S.ClH/c36-21-7-8-22-42(39,40)35-33(38)30-18-17-28(23-32(30)41-29-11-5-2-6-12-29)26-15-13-25(14-16-26)19-20-34-24-31(37)27-9-3-1-4-10-27;/h1,3-4,9-10,13-18,23,29,31,34,36-37H,2,5-8,11-12,19-22,24H2,(H,35,38);1H/t31-;/m1./s1. The highest BCUT2D eigenvalue weighted by molar-refractivity contribution is 7.90. The molecule has 0 aromatic heterocycles. The topological polar surface area (TPSA) is 125 Å². The second kappa shape index (κ2) is 17.4. The van der Waals surface area contributed by atoms with Crippen LogP contribution in [0.15, 0.2) is 72.8 Å². The van der Waals surface area contributed by atoms with Gasteiger partial charge in [-0.25, -0.2) is 13.1 Å². The van der Waals surface area contributed by atoms with E-state index in [-0.39, 0.29) is 42.9 Å². The van der Waals surface area contributed by atoms with Crippen molar-refractivity contribution in [3.05, 3.63) is 89.5 Å². The highest BCUT2D eigenvalue weighted by atomic mass is 35.5. The van der Waals surface area contributed by atoms with Crippen LogP contribution in [-0.4, -0.2) is 56.1 Å². The van der Waals surface area contributed by atoms with E-state index in [1.54, 1.807) is 6.07 Å². The maximum Gasteiger partial charge on any atom is 0.268 e. The zero-order valence-corrected chi connectivity index (χ0v) is 26.0. The lowest BCUT2D eigenvalue weighted by Crippen LogP contribution is -2.33. The van der Waals surface area contributed by atoms with Crippen molar-refractivity contribution in [2.45, 2.75) is 63.6 Å². The lowest BCUT2D eigenvalue weighted by Gasteiger charge is -2.24. The van der Waals surface area contributed by atoms with Gasteiger partial charge in [-0.15, -0.1) is 12.4 Å². The second-order valence-electron chi connectivity index (χ2n) is 10.8. The summed E-state index contributed by atoms with van der Waals surface area (Å²) in [6.07, 6.45) is 5.95. The molecule has 0 unspecified atom stereocenters. The number of unbranched alkanes of at least 4 members (excludes halogenated alkanes) is 1. The van der Waals surface area contributed by atoms with E-state index in [0.717, 1.165) is 67.3 Å². The van der Waals surface area contributed by atoms with Gasteiger partial charge in [0.1, 0.15) is 5.75 Å². The van der Waals surface area contributed by atoms with E-state index >= 15 is 0 Å². The molecule has 0 spiro atoms. The molecular weight excluding hydrogens is 588 g/mol. The number of hydrogen-bond donors (Lipinski definition) is 4. The maximum absolute atomic E-state index is 13.1. The Kier molecular flexibility index (Phi) is 14.0. The van der Waals surface area contributed by atoms with Crippen LogP contribution in [0.1, 0.15) is 72.5 Å². The Morgan fingerprint density at radius 2 is 1.63 bits per heavy atom. The predicted molar refractivity (Wildman–Crippen MR) is 172 cm³/mol. The van der Waals surface area contributed by atoms with E-state index in [4.69, 9.17) is 9.84 Å². The SMILES string of the molecule is Cl.O=C(NS(=O)(=O)CCCCO)c1ccc(-c2ccc(CCNC[C@@H](O)c3ccccc3)cc2)cc1OC1CCCCC1. The summed E-state index contributed by atoms with van der Waals surface area (Å²) in [4.78, 5) is 13.1. The van der Waals surface area contributed by atoms with Gasteiger partial charge in [-0.1, -0.05) is 67.1 Å². The van der Waals surface area contributed by atoms with Crippen molar-refractivity contribution in [3.8, 4) is 16.9 Å². The minimum absolute atomic E-state index is 0. The number of hydrogen-bond acceptors (Lipinski definition) is 7. The number of aliphatic hydroxyl groups excluding tert-OH is 2. The molecule has 43 heavy (non-hydrogen) atoms. The predicted octanol–water partition coefficient (Wildman–Crippen LogP) is 5.18. The number of halogens is 1. The van der Waals surface area contributed by atoms with Gasteiger partial charge in [-0.05, 0) is 85.9 Å². The average Bonchev–Trinajstić information content (AvgIpc) is 3.00. The zero-order chi connectivity index (χ0) is 29.8. The molecule has 0 heterocycles. The van der Waals surface area contributed by atoms with Gasteiger partial charge in [-0.2, -0.15) is 0 Å². The Morgan fingerprint density at radius 3 is 2.33 bits per heavy atom. The van der Waals surface area contributed by atoms with Gasteiger partial charge in [0.15, 0.2) is 0 Å². The minimum atomic E-state index is -3.83. The van der Waals surface area contributed by atoms with E-state index in [1.807, 2.05) is 54.6 Å². The fraction of sp³-hybridized carbons (Fsp3) is 0.424. The molecule has 1 amide bonds. The monoisotopic (exact) mass is 630 g/mol. The van der Waals surface area contributed by atoms with Crippen LogP contribution in [0.4, 0.5) is 0 Å². The first kappa shape index (κ1) is 34.5. The molecule has 1 aliphatic carbocycles. The van der Waals surface area contributed by atoms with Crippen LogP contribution in [0.25, 0.3) is 11.1 Å². The van der Waals surface area contributed by atoms with Crippen molar-refractivity contribution in [3.63, 3.8) is 0 Å². The zero-order valence-electron chi connectivity index (χ0n) is 24.4. The van der Waals surface area contributed by atoms with Crippen LogP contribution in [0.5, 0.6) is 5.75 Å².